The molecule has 1 fully saturated rings. The van der Waals surface area contributed by atoms with Crippen LogP contribution in [0.3, 0.4) is 0 Å². The summed E-state index contributed by atoms with van der Waals surface area (Å²) in [6.07, 6.45) is 2.90. The van der Waals surface area contributed by atoms with Crippen molar-refractivity contribution >= 4 is 23.1 Å². The number of nitrogens with zero attached hydrogens (tertiary/aromatic N) is 1. The second-order valence-corrected chi connectivity index (χ2v) is 5.22. The fourth-order valence-electron chi connectivity index (χ4n) is 2.43. The Balaban J connectivity index is 2.22. The summed E-state index contributed by atoms with van der Waals surface area (Å²) in [4.78, 5) is 14.5. The van der Waals surface area contributed by atoms with Crippen LogP contribution in [-0.2, 0) is 0 Å². The van der Waals surface area contributed by atoms with Gasteiger partial charge in [-0.15, -0.1) is 0 Å². The van der Waals surface area contributed by atoms with E-state index in [0.717, 1.165) is 19.3 Å². The first kappa shape index (κ1) is 14.0. The van der Waals surface area contributed by atoms with Gasteiger partial charge < -0.3 is 15.7 Å². The van der Waals surface area contributed by atoms with Gasteiger partial charge in [0, 0.05) is 17.7 Å². The van der Waals surface area contributed by atoms with Crippen molar-refractivity contribution in [1.82, 2.24) is 4.90 Å². The van der Waals surface area contributed by atoms with Crippen LogP contribution in [0, 0.1) is 0 Å². The summed E-state index contributed by atoms with van der Waals surface area (Å²) in [7, 11) is 0. The Morgan fingerprint density at radius 2 is 2.16 bits per heavy atom. The molecule has 0 radical (unpaired) electrons. The van der Waals surface area contributed by atoms with Gasteiger partial charge in [-0.3, -0.25) is 4.79 Å². The van der Waals surface area contributed by atoms with E-state index in [1.165, 1.54) is 0 Å². The molecule has 1 saturated heterocycles. The third kappa shape index (κ3) is 3.11. The lowest BCUT2D eigenvalue weighted by Crippen LogP contribution is -2.45. The summed E-state index contributed by atoms with van der Waals surface area (Å²) in [6.45, 7) is 0.710. The fourth-order valence-corrected chi connectivity index (χ4v) is 2.56. The summed E-state index contributed by atoms with van der Waals surface area (Å²) < 4.78 is 0. The van der Waals surface area contributed by atoms with Crippen LogP contribution in [0.2, 0.25) is 0 Å². The average Bonchev–Trinajstić information content (AvgIpc) is 2.46. The summed E-state index contributed by atoms with van der Waals surface area (Å²) in [5.41, 5.74) is 6.85. The van der Waals surface area contributed by atoms with E-state index in [2.05, 4.69) is 0 Å². The smallest absolute Gasteiger partial charge is 0.254 e. The Labute approximate surface area is 118 Å². The number of hydrogen-bond acceptors (Lipinski definition) is 3. The second-order valence-electron chi connectivity index (χ2n) is 4.78. The number of carbonyl (C=O) groups excluding carboxylic acids is 1. The Hall–Kier alpha value is -1.46. The Kier molecular flexibility index (Phi) is 4.50. The molecule has 0 aliphatic carbocycles. The first-order valence-corrected chi connectivity index (χ1v) is 6.86. The number of aliphatic hydroxyl groups is 1. The van der Waals surface area contributed by atoms with Gasteiger partial charge in [-0.25, -0.2) is 0 Å². The van der Waals surface area contributed by atoms with Gasteiger partial charge in [-0.1, -0.05) is 24.4 Å². The first-order valence-electron chi connectivity index (χ1n) is 6.45. The molecule has 0 saturated carbocycles. The van der Waals surface area contributed by atoms with Crippen molar-refractivity contribution in [3.05, 3.63) is 35.4 Å². The summed E-state index contributed by atoms with van der Waals surface area (Å²) in [5.74, 6) is -0.0585. The Bertz CT molecular complexity index is 490. The number of aliphatic hydroxyl groups excluding tert-OH is 1. The van der Waals surface area contributed by atoms with Crippen LogP contribution >= 0.6 is 12.2 Å². The summed E-state index contributed by atoms with van der Waals surface area (Å²) >= 11 is 4.92. The lowest BCUT2D eigenvalue weighted by atomic mass is 10.0. The maximum absolute atomic E-state index is 12.5. The van der Waals surface area contributed by atoms with E-state index in [1.54, 1.807) is 29.2 Å². The molecule has 5 heteroatoms. The van der Waals surface area contributed by atoms with Crippen LogP contribution in [0.5, 0.6) is 0 Å². The summed E-state index contributed by atoms with van der Waals surface area (Å²) in [5, 5.41) is 9.37. The standard InChI is InChI=1S/C14H18N2O2S/c15-13(19)10-4-3-5-11(8-10)14(18)16-7-2-1-6-12(16)9-17/h3-5,8,12,17H,1-2,6-7,9H2,(H2,15,19). The van der Waals surface area contributed by atoms with E-state index in [4.69, 9.17) is 18.0 Å². The third-order valence-corrected chi connectivity index (χ3v) is 3.73. The van der Waals surface area contributed by atoms with E-state index in [1.807, 2.05) is 0 Å². The zero-order valence-corrected chi connectivity index (χ0v) is 11.5. The lowest BCUT2D eigenvalue weighted by Gasteiger charge is -2.34. The maximum atomic E-state index is 12.5. The van der Waals surface area contributed by atoms with Gasteiger partial charge in [-0.05, 0) is 31.4 Å². The van der Waals surface area contributed by atoms with Crippen molar-refractivity contribution in [2.45, 2.75) is 25.3 Å². The largest absolute Gasteiger partial charge is 0.394 e. The molecular formula is C14H18N2O2S. The van der Waals surface area contributed by atoms with Gasteiger partial charge in [0.25, 0.3) is 5.91 Å². The monoisotopic (exact) mass is 278 g/mol. The molecule has 1 atom stereocenters. The van der Waals surface area contributed by atoms with Crippen LogP contribution < -0.4 is 5.73 Å². The van der Waals surface area contributed by atoms with E-state index in [9.17, 15) is 9.90 Å². The van der Waals surface area contributed by atoms with Crippen LogP contribution in [0.4, 0.5) is 0 Å². The van der Waals surface area contributed by atoms with Crippen molar-refractivity contribution < 1.29 is 9.90 Å². The molecule has 1 aliphatic heterocycles. The summed E-state index contributed by atoms with van der Waals surface area (Å²) in [6, 6.07) is 6.97. The molecule has 1 heterocycles. The average molecular weight is 278 g/mol. The lowest BCUT2D eigenvalue weighted by molar-refractivity contribution is 0.0503. The highest BCUT2D eigenvalue weighted by molar-refractivity contribution is 7.80. The van der Waals surface area contributed by atoms with E-state index >= 15 is 0 Å². The SMILES string of the molecule is NC(=S)c1cccc(C(=O)N2CCCCC2CO)c1. The molecule has 0 aromatic heterocycles. The topological polar surface area (TPSA) is 66.6 Å². The van der Waals surface area contributed by atoms with Crippen molar-refractivity contribution in [1.29, 1.82) is 0 Å². The molecule has 1 aromatic carbocycles. The highest BCUT2D eigenvalue weighted by atomic mass is 32.1. The first-order chi connectivity index (χ1) is 9.13. The van der Waals surface area contributed by atoms with E-state index in [-0.39, 0.29) is 23.5 Å². The van der Waals surface area contributed by atoms with Gasteiger partial charge in [0.2, 0.25) is 0 Å². The number of nitrogens with two attached hydrogens (primary N) is 1. The second kappa shape index (κ2) is 6.12. The molecular weight excluding hydrogens is 260 g/mol. The van der Waals surface area contributed by atoms with Gasteiger partial charge in [0.05, 0.1) is 12.6 Å². The number of piperidine rings is 1. The minimum Gasteiger partial charge on any atom is -0.394 e. The number of benzene rings is 1. The number of likely N-dealkylation sites (tertiary alicyclic amines) is 1. The number of amides is 1. The van der Waals surface area contributed by atoms with Crippen LogP contribution in [0.25, 0.3) is 0 Å². The molecule has 1 aromatic rings. The Morgan fingerprint density at radius 1 is 1.42 bits per heavy atom. The predicted octanol–water partition coefficient (Wildman–Crippen LogP) is 1.31. The van der Waals surface area contributed by atoms with E-state index < -0.39 is 0 Å². The number of thiocarbonyl (C=S) groups is 1. The Morgan fingerprint density at radius 3 is 2.84 bits per heavy atom. The number of rotatable bonds is 3. The maximum Gasteiger partial charge on any atom is 0.254 e. The fraction of sp³-hybridized carbons (Fsp3) is 0.429. The minimum atomic E-state index is -0.0743. The zero-order chi connectivity index (χ0) is 13.8. The molecule has 3 N–H and O–H groups in total. The zero-order valence-electron chi connectivity index (χ0n) is 10.7. The highest BCUT2D eigenvalue weighted by Crippen LogP contribution is 2.19. The molecule has 1 unspecified atom stereocenters. The minimum absolute atomic E-state index is 0.0146. The van der Waals surface area contributed by atoms with E-state index in [0.29, 0.717) is 17.7 Å². The van der Waals surface area contributed by atoms with Crippen LogP contribution in [0.15, 0.2) is 24.3 Å². The van der Waals surface area contributed by atoms with Crippen molar-refractivity contribution in [2.75, 3.05) is 13.2 Å². The molecule has 19 heavy (non-hydrogen) atoms. The van der Waals surface area contributed by atoms with Crippen LogP contribution in [0.1, 0.15) is 35.2 Å². The molecule has 2 rings (SSSR count). The number of hydrogen-bond donors (Lipinski definition) is 2. The molecule has 0 spiro atoms. The highest BCUT2D eigenvalue weighted by Gasteiger charge is 2.26. The predicted molar refractivity (Wildman–Crippen MR) is 78.1 cm³/mol. The molecule has 0 bridgehead atoms. The molecule has 1 amide bonds. The third-order valence-electron chi connectivity index (χ3n) is 3.49. The molecule has 4 nitrogen and oxygen atoms in total. The quantitative estimate of drug-likeness (QED) is 0.818. The molecule has 102 valence electrons. The van der Waals surface area contributed by atoms with Crippen molar-refractivity contribution in [2.24, 2.45) is 5.73 Å². The van der Waals surface area contributed by atoms with Gasteiger partial charge in [0.15, 0.2) is 0 Å². The van der Waals surface area contributed by atoms with Crippen molar-refractivity contribution in [3.8, 4) is 0 Å². The van der Waals surface area contributed by atoms with Gasteiger partial charge >= 0.3 is 0 Å². The van der Waals surface area contributed by atoms with Gasteiger partial charge in [-0.2, -0.15) is 0 Å². The molecule has 1 aliphatic rings. The number of carbonyl (C=O) groups is 1. The van der Waals surface area contributed by atoms with Crippen molar-refractivity contribution in [3.63, 3.8) is 0 Å². The van der Waals surface area contributed by atoms with Crippen LogP contribution in [-0.4, -0.2) is 40.1 Å². The normalized spacial score (nSPS) is 19.2. The van der Waals surface area contributed by atoms with Gasteiger partial charge in [0.1, 0.15) is 4.99 Å².